The Labute approximate surface area is 135 Å². The van der Waals surface area contributed by atoms with E-state index in [1.807, 2.05) is 25.1 Å². The Morgan fingerprint density at radius 2 is 1.91 bits per heavy atom. The zero-order valence-electron chi connectivity index (χ0n) is 13.0. The minimum Gasteiger partial charge on any atom is -0.454 e. The highest BCUT2D eigenvalue weighted by atomic mass is 16.7. The van der Waals surface area contributed by atoms with Crippen LogP contribution in [0.4, 0.5) is 5.69 Å². The van der Waals surface area contributed by atoms with E-state index < -0.39 is 0 Å². The van der Waals surface area contributed by atoms with Crippen molar-refractivity contribution >= 4 is 11.5 Å². The summed E-state index contributed by atoms with van der Waals surface area (Å²) in [5.41, 5.74) is 8.05. The summed E-state index contributed by atoms with van der Waals surface area (Å²) in [4.78, 5) is 12.5. The Morgan fingerprint density at radius 3 is 2.65 bits per heavy atom. The summed E-state index contributed by atoms with van der Waals surface area (Å²) < 4.78 is 10.7. The molecule has 1 heterocycles. The number of fused-ring (bicyclic) bond motifs is 1. The zero-order valence-corrected chi connectivity index (χ0v) is 13.0. The first-order chi connectivity index (χ1) is 11.2. The van der Waals surface area contributed by atoms with Crippen LogP contribution in [0.1, 0.15) is 29.3 Å². The van der Waals surface area contributed by atoms with Gasteiger partial charge in [0.05, 0.1) is 6.04 Å². The van der Waals surface area contributed by atoms with Gasteiger partial charge in [0, 0.05) is 17.8 Å². The van der Waals surface area contributed by atoms with Crippen molar-refractivity contribution in [1.82, 2.24) is 5.32 Å². The number of carbonyl (C=O) groups is 1. The summed E-state index contributed by atoms with van der Waals surface area (Å²) in [7, 11) is 0. The van der Waals surface area contributed by atoms with Crippen LogP contribution in [-0.2, 0) is 6.54 Å². The topological polar surface area (TPSA) is 73.6 Å². The van der Waals surface area contributed by atoms with Crippen molar-refractivity contribution in [3.05, 3.63) is 53.6 Å². The first-order valence-corrected chi connectivity index (χ1v) is 7.69. The molecule has 0 amide bonds. The molecule has 1 unspecified atom stereocenters. The average molecular weight is 312 g/mol. The molecule has 0 saturated carbocycles. The van der Waals surface area contributed by atoms with Crippen LogP contribution in [0.3, 0.4) is 0 Å². The third kappa shape index (κ3) is 3.46. The predicted octanol–water partition coefficient (Wildman–Crippen LogP) is 2.75. The van der Waals surface area contributed by atoms with E-state index in [4.69, 9.17) is 15.2 Å². The monoisotopic (exact) mass is 312 g/mol. The Kier molecular flexibility index (Phi) is 4.48. The molecule has 23 heavy (non-hydrogen) atoms. The van der Waals surface area contributed by atoms with Gasteiger partial charge in [-0.1, -0.05) is 13.0 Å². The number of nitrogens with one attached hydrogen (secondary N) is 1. The number of anilines is 1. The predicted molar refractivity (Wildman–Crippen MR) is 88.7 cm³/mol. The molecule has 0 saturated heterocycles. The van der Waals surface area contributed by atoms with Gasteiger partial charge in [0.1, 0.15) is 0 Å². The van der Waals surface area contributed by atoms with Crippen LogP contribution in [0.15, 0.2) is 42.5 Å². The molecule has 0 spiro atoms. The van der Waals surface area contributed by atoms with Gasteiger partial charge in [0.15, 0.2) is 17.3 Å². The van der Waals surface area contributed by atoms with E-state index in [1.54, 1.807) is 24.3 Å². The highest BCUT2D eigenvalue weighted by molar-refractivity contribution is 6.00. The number of benzene rings is 2. The molecule has 1 aliphatic rings. The Bertz CT molecular complexity index is 698. The number of hydrogen-bond donors (Lipinski definition) is 2. The van der Waals surface area contributed by atoms with Gasteiger partial charge in [0.2, 0.25) is 6.79 Å². The third-order valence-corrected chi connectivity index (χ3v) is 3.91. The molecule has 2 aromatic carbocycles. The molecular formula is C18H20N2O3. The second-order valence-electron chi connectivity index (χ2n) is 5.52. The van der Waals surface area contributed by atoms with Gasteiger partial charge in [-0.05, 0) is 48.4 Å². The molecule has 0 bridgehead atoms. The van der Waals surface area contributed by atoms with E-state index in [1.165, 1.54) is 0 Å². The normalized spacial score (nSPS) is 13.8. The second kappa shape index (κ2) is 6.71. The van der Waals surface area contributed by atoms with E-state index in [9.17, 15) is 4.79 Å². The lowest BCUT2D eigenvalue weighted by atomic mass is 10.0. The van der Waals surface area contributed by atoms with Gasteiger partial charge in [-0.25, -0.2) is 0 Å². The molecule has 5 heteroatoms. The molecule has 2 aromatic rings. The van der Waals surface area contributed by atoms with Crippen molar-refractivity contribution in [2.24, 2.45) is 0 Å². The molecule has 0 radical (unpaired) electrons. The molecule has 1 aliphatic heterocycles. The molecule has 1 atom stereocenters. The summed E-state index contributed by atoms with van der Waals surface area (Å²) in [5, 5.41) is 3.31. The fraction of sp³-hybridized carbons (Fsp3) is 0.278. The van der Waals surface area contributed by atoms with Gasteiger partial charge < -0.3 is 20.5 Å². The SMILES string of the molecule is CCC(NCc1ccc2c(c1)OCO2)C(=O)c1ccc(N)cc1. The smallest absolute Gasteiger partial charge is 0.231 e. The van der Waals surface area contributed by atoms with E-state index in [0.717, 1.165) is 17.1 Å². The first kappa shape index (κ1) is 15.4. The quantitative estimate of drug-likeness (QED) is 0.634. The Hall–Kier alpha value is -2.53. The number of ketones is 1. The maximum absolute atomic E-state index is 12.5. The third-order valence-electron chi connectivity index (χ3n) is 3.91. The largest absolute Gasteiger partial charge is 0.454 e. The molecule has 120 valence electrons. The number of hydrogen-bond acceptors (Lipinski definition) is 5. The first-order valence-electron chi connectivity index (χ1n) is 7.69. The minimum atomic E-state index is -0.232. The Morgan fingerprint density at radius 1 is 1.17 bits per heavy atom. The van der Waals surface area contributed by atoms with Crippen molar-refractivity contribution in [3.8, 4) is 11.5 Å². The molecule has 0 fully saturated rings. The van der Waals surface area contributed by atoms with Gasteiger partial charge in [-0.3, -0.25) is 4.79 Å². The minimum absolute atomic E-state index is 0.0771. The molecule has 3 N–H and O–H groups in total. The maximum Gasteiger partial charge on any atom is 0.231 e. The van der Waals surface area contributed by atoms with E-state index in [2.05, 4.69) is 5.32 Å². The van der Waals surface area contributed by atoms with Crippen LogP contribution in [0.2, 0.25) is 0 Å². The van der Waals surface area contributed by atoms with Crippen molar-refractivity contribution in [2.75, 3.05) is 12.5 Å². The van der Waals surface area contributed by atoms with Crippen LogP contribution in [0, 0.1) is 0 Å². The fourth-order valence-corrected chi connectivity index (χ4v) is 2.56. The second-order valence-corrected chi connectivity index (χ2v) is 5.52. The van der Waals surface area contributed by atoms with Crippen molar-refractivity contribution in [1.29, 1.82) is 0 Å². The van der Waals surface area contributed by atoms with Crippen LogP contribution >= 0.6 is 0 Å². The van der Waals surface area contributed by atoms with Gasteiger partial charge in [-0.2, -0.15) is 0 Å². The van der Waals surface area contributed by atoms with E-state index >= 15 is 0 Å². The van der Waals surface area contributed by atoms with E-state index in [0.29, 0.717) is 24.2 Å². The highest BCUT2D eigenvalue weighted by Crippen LogP contribution is 2.32. The summed E-state index contributed by atoms with van der Waals surface area (Å²) in [5.74, 6) is 1.59. The van der Waals surface area contributed by atoms with Crippen LogP contribution in [0.5, 0.6) is 11.5 Å². The van der Waals surface area contributed by atoms with Gasteiger partial charge in [0.25, 0.3) is 0 Å². The zero-order chi connectivity index (χ0) is 16.2. The number of rotatable bonds is 6. The number of Topliss-reactive ketones (excluding diaryl/α,β-unsaturated/α-hetero) is 1. The molecule has 0 aliphatic carbocycles. The molecule has 3 rings (SSSR count). The van der Waals surface area contributed by atoms with Gasteiger partial charge in [-0.15, -0.1) is 0 Å². The fourth-order valence-electron chi connectivity index (χ4n) is 2.56. The number of carbonyl (C=O) groups excluding carboxylic acids is 1. The summed E-state index contributed by atoms with van der Waals surface area (Å²) in [6.07, 6.45) is 0.716. The van der Waals surface area contributed by atoms with Crippen molar-refractivity contribution in [3.63, 3.8) is 0 Å². The van der Waals surface area contributed by atoms with Crippen LogP contribution < -0.4 is 20.5 Å². The lowest BCUT2D eigenvalue weighted by Gasteiger charge is -2.16. The summed E-state index contributed by atoms with van der Waals surface area (Å²) >= 11 is 0. The number of nitrogen functional groups attached to an aromatic ring is 1. The van der Waals surface area contributed by atoms with Crippen molar-refractivity contribution < 1.29 is 14.3 Å². The molecule has 5 nitrogen and oxygen atoms in total. The van der Waals surface area contributed by atoms with E-state index in [-0.39, 0.29) is 18.6 Å². The highest BCUT2D eigenvalue weighted by Gasteiger charge is 2.18. The summed E-state index contributed by atoms with van der Waals surface area (Å²) in [6, 6.07) is 12.6. The number of nitrogens with two attached hydrogens (primary N) is 1. The molecular weight excluding hydrogens is 292 g/mol. The average Bonchev–Trinajstić information content (AvgIpc) is 3.03. The maximum atomic E-state index is 12.5. The van der Waals surface area contributed by atoms with Crippen molar-refractivity contribution in [2.45, 2.75) is 25.9 Å². The van der Waals surface area contributed by atoms with Crippen LogP contribution in [0.25, 0.3) is 0 Å². The van der Waals surface area contributed by atoms with Crippen LogP contribution in [-0.4, -0.2) is 18.6 Å². The lowest BCUT2D eigenvalue weighted by Crippen LogP contribution is -2.35. The number of ether oxygens (including phenoxy) is 2. The lowest BCUT2D eigenvalue weighted by molar-refractivity contribution is 0.0939. The summed E-state index contributed by atoms with van der Waals surface area (Å²) in [6.45, 7) is 2.85. The Balaban J connectivity index is 1.65. The standard InChI is InChI=1S/C18H20N2O3/c1-2-15(18(21)13-4-6-14(19)7-5-13)20-10-12-3-8-16-17(9-12)23-11-22-16/h3-9,15,20H,2,10-11,19H2,1H3. The molecule has 0 aromatic heterocycles. The van der Waals surface area contributed by atoms with Gasteiger partial charge >= 0.3 is 0 Å².